The first-order valence-electron chi connectivity index (χ1n) is 4.77. The van der Waals surface area contributed by atoms with Gasteiger partial charge in [-0.3, -0.25) is 4.79 Å². The standard InChI is InChI=1S/C11H8ClFN2O/c12-8-1-2-9(13)10(4-8)15-6-7(5-14)3-11(15)16/h1-2,4,7H,3,6H2. The summed E-state index contributed by atoms with van der Waals surface area (Å²) < 4.78 is 13.5. The largest absolute Gasteiger partial charge is 0.308 e. The highest BCUT2D eigenvalue weighted by Crippen LogP contribution is 2.29. The van der Waals surface area contributed by atoms with Gasteiger partial charge in [0.1, 0.15) is 5.82 Å². The third-order valence-corrected chi connectivity index (χ3v) is 2.74. The van der Waals surface area contributed by atoms with Gasteiger partial charge in [-0.1, -0.05) is 11.6 Å². The van der Waals surface area contributed by atoms with Gasteiger partial charge in [-0.2, -0.15) is 5.26 Å². The van der Waals surface area contributed by atoms with Crippen molar-refractivity contribution in [3.8, 4) is 6.07 Å². The highest BCUT2D eigenvalue weighted by molar-refractivity contribution is 6.30. The topological polar surface area (TPSA) is 44.1 Å². The van der Waals surface area contributed by atoms with Crippen molar-refractivity contribution in [2.24, 2.45) is 5.92 Å². The third-order valence-electron chi connectivity index (χ3n) is 2.51. The fraction of sp³-hybridized carbons (Fsp3) is 0.273. The fourth-order valence-corrected chi connectivity index (χ4v) is 1.89. The molecule has 0 aromatic heterocycles. The maximum absolute atomic E-state index is 13.5. The molecule has 1 unspecified atom stereocenters. The van der Waals surface area contributed by atoms with Crippen LogP contribution >= 0.6 is 11.6 Å². The van der Waals surface area contributed by atoms with Gasteiger partial charge >= 0.3 is 0 Å². The van der Waals surface area contributed by atoms with E-state index in [1.807, 2.05) is 6.07 Å². The van der Waals surface area contributed by atoms with E-state index in [1.54, 1.807) is 0 Å². The maximum Gasteiger partial charge on any atom is 0.228 e. The molecule has 1 atom stereocenters. The second-order valence-corrected chi connectivity index (χ2v) is 4.07. The van der Waals surface area contributed by atoms with Gasteiger partial charge in [0, 0.05) is 18.0 Å². The molecule has 1 aliphatic heterocycles. The number of anilines is 1. The molecule has 1 aliphatic rings. The second-order valence-electron chi connectivity index (χ2n) is 3.63. The Kier molecular flexibility index (Phi) is 2.80. The average molecular weight is 239 g/mol. The van der Waals surface area contributed by atoms with E-state index >= 15 is 0 Å². The van der Waals surface area contributed by atoms with Crippen LogP contribution < -0.4 is 4.90 Å². The smallest absolute Gasteiger partial charge is 0.228 e. The van der Waals surface area contributed by atoms with Gasteiger partial charge in [-0.25, -0.2) is 4.39 Å². The van der Waals surface area contributed by atoms with E-state index in [1.165, 1.54) is 23.1 Å². The van der Waals surface area contributed by atoms with Crippen molar-refractivity contribution in [2.75, 3.05) is 11.4 Å². The molecule has 16 heavy (non-hydrogen) atoms. The van der Waals surface area contributed by atoms with Crippen molar-refractivity contribution in [2.45, 2.75) is 6.42 Å². The van der Waals surface area contributed by atoms with Crippen molar-refractivity contribution in [3.63, 3.8) is 0 Å². The minimum atomic E-state index is -0.503. The Bertz CT molecular complexity index is 483. The number of hydrogen-bond acceptors (Lipinski definition) is 2. The molecule has 2 rings (SSSR count). The number of carbonyl (C=O) groups excluding carboxylic acids is 1. The zero-order chi connectivity index (χ0) is 11.7. The normalized spacial score (nSPS) is 19.9. The second kappa shape index (κ2) is 4.11. The maximum atomic E-state index is 13.5. The minimum absolute atomic E-state index is 0.141. The number of rotatable bonds is 1. The number of nitrogens with zero attached hydrogens (tertiary/aromatic N) is 2. The highest BCUT2D eigenvalue weighted by Gasteiger charge is 2.31. The predicted molar refractivity (Wildman–Crippen MR) is 57.5 cm³/mol. The van der Waals surface area contributed by atoms with E-state index in [0.717, 1.165) is 0 Å². The molecule has 5 heteroatoms. The van der Waals surface area contributed by atoms with Gasteiger partial charge in [-0.05, 0) is 18.2 Å². The van der Waals surface area contributed by atoms with Crippen LogP contribution in [0.4, 0.5) is 10.1 Å². The van der Waals surface area contributed by atoms with Crippen LogP contribution in [0.15, 0.2) is 18.2 Å². The van der Waals surface area contributed by atoms with E-state index in [-0.39, 0.29) is 30.5 Å². The summed E-state index contributed by atoms with van der Waals surface area (Å²) in [4.78, 5) is 12.8. The van der Waals surface area contributed by atoms with Crippen molar-refractivity contribution in [3.05, 3.63) is 29.0 Å². The summed E-state index contributed by atoms with van der Waals surface area (Å²) in [6.45, 7) is 0.229. The van der Waals surface area contributed by atoms with Crippen LogP contribution in [0.3, 0.4) is 0 Å². The quantitative estimate of drug-likeness (QED) is 0.754. The van der Waals surface area contributed by atoms with Crippen LogP contribution in [0.1, 0.15) is 6.42 Å². The summed E-state index contributed by atoms with van der Waals surface area (Å²) in [5.41, 5.74) is 0.148. The Hall–Kier alpha value is -1.60. The van der Waals surface area contributed by atoms with Crippen LogP contribution in [0.25, 0.3) is 0 Å². The van der Waals surface area contributed by atoms with E-state index in [4.69, 9.17) is 16.9 Å². The zero-order valence-corrected chi connectivity index (χ0v) is 9.04. The Morgan fingerprint density at radius 1 is 1.56 bits per heavy atom. The molecule has 0 spiro atoms. The molecule has 82 valence electrons. The number of carbonyl (C=O) groups is 1. The third kappa shape index (κ3) is 1.86. The lowest BCUT2D eigenvalue weighted by atomic mass is 10.1. The molecule has 0 radical (unpaired) electrons. The minimum Gasteiger partial charge on any atom is -0.308 e. The molecule has 1 aromatic rings. The fourth-order valence-electron chi connectivity index (χ4n) is 1.72. The van der Waals surface area contributed by atoms with E-state index in [9.17, 15) is 9.18 Å². The molecule has 1 amide bonds. The van der Waals surface area contributed by atoms with Crippen molar-refractivity contribution >= 4 is 23.2 Å². The van der Waals surface area contributed by atoms with Gasteiger partial charge in [0.25, 0.3) is 0 Å². The number of hydrogen-bond donors (Lipinski definition) is 0. The summed E-state index contributed by atoms with van der Waals surface area (Å²) in [5.74, 6) is -1.12. The van der Waals surface area contributed by atoms with Gasteiger partial charge in [-0.15, -0.1) is 0 Å². The predicted octanol–water partition coefficient (Wildman–Crippen LogP) is 2.36. The molecule has 0 saturated carbocycles. The monoisotopic (exact) mass is 238 g/mol. The Balaban J connectivity index is 2.35. The van der Waals surface area contributed by atoms with Gasteiger partial charge in [0.05, 0.1) is 17.7 Å². The van der Waals surface area contributed by atoms with Gasteiger partial charge < -0.3 is 4.90 Å². The molecule has 1 saturated heterocycles. The summed E-state index contributed by atoms with van der Waals surface area (Å²) in [7, 11) is 0. The molecular weight excluding hydrogens is 231 g/mol. The lowest BCUT2D eigenvalue weighted by Crippen LogP contribution is -2.25. The van der Waals surface area contributed by atoms with Gasteiger partial charge in [0.2, 0.25) is 5.91 Å². The van der Waals surface area contributed by atoms with E-state index < -0.39 is 5.82 Å². The van der Waals surface area contributed by atoms with Crippen molar-refractivity contribution in [1.29, 1.82) is 5.26 Å². The first-order valence-corrected chi connectivity index (χ1v) is 5.14. The molecule has 0 bridgehead atoms. The molecule has 1 heterocycles. The first-order chi connectivity index (χ1) is 7.61. The van der Waals surface area contributed by atoms with Crippen LogP contribution in [0, 0.1) is 23.1 Å². The molecule has 1 aromatic carbocycles. The zero-order valence-electron chi connectivity index (χ0n) is 8.28. The van der Waals surface area contributed by atoms with Gasteiger partial charge in [0.15, 0.2) is 0 Å². The van der Waals surface area contributed by atoms with Crippen LogP contribution in [0.2, 0.25) is 5.02 Å². The summed E-state index contributed by atoms with van der Waals surface area (Å²) in [6.07, 6.45) is 0.141. The van der Waals surface area contributed by atoms with Crippen molar-refractivity contribution in [1.82, 2.24) is 0 Å². The molecular formula is C11H8ClFN2O. The average Bonchev–Trinajstić information content (AvgIpc) is 2.63. The Morgan fingerprint density at radius 2 is 2.31 bits per heavy atom. The first kappa shape index (κ1) is 10.9. The SMILES string of the molecule is N#CC1CC(=O)N(c2cc(Cl)ccc2F)C1. The number of nitriles is 1. The molecule has 0 aliphatic carbocycles. The number of amides is 1. The van der Waals surface area contributed by atoms with Crippen LogP contribution in [-0.4, -0.2) is 12.5 Å². The Labute approximate surface area is 97.0 Å². The molecule has 0 N–H and O–H groups in total. The summed E-state index contributed by atoms with van der Waals surface area (Å²) in [5, 5.41) is 9.09. The summed E-state index contributed by atoms with van der Waals surface area (Å²) >= 11 is 5.74. The van der Waals surface area contributed by atoms with Crippen molar-refractivity contribution < 1.29 is 9.18 Å². The summed E-state index contributed by atoms with van der Waals surface area (Å²) in [6, 6.07) is 6.04. The number of benzene rings is 1. The lowest BCUT2D eigenvalue weighted by molar-refractivity contribution is -0.117. The molecule has 1 fully saturated rings. The number of halogens is 2. The van der Waals surface area contributed by atoms with E-state index in [2.05, 4.69) is 0 Å². The van der Waals surface area contributed by atoms with Crippen LogP contribution in [0.5, 0.6) is 0 Å². The van der Waals surface area contributed by atoms with E-state index in [0.29, 0.717) is 5.02 Å². The molecule has 3 nitrogen and oxygen atoms in total. The van der Waals surface area contributed by atoms with Crippen LogP contribution in [-0.2, 0) is 4.79 Å². The highest BCUT2D eigenvalue weighted by atomic mass is 35.5. The Morgan fingerprint density at radius 3 is 2.94 bits per heavy atom. The lowest BCUT2D eigenvalue weighted by Gasteiger charge is -2.16.